The minimum Gasteiger partial charge on any atom is -0.348 e. The molecule has 1 spiro atoms. The van der Waals surface area contributed by atoms with Gasteiger partial charge in [-0.1, -0.05) is 12.5 Å². The lowest BCUT2D eigenvalue weighted by Gasteiger charge is -2.59. The summed E-state index contributed by atoms with van der Waals surface area (Å²) in [6, 6.07) is 0. The summed E-state index contributed by atoms with van der Waals surface area (Å²) in [5.74, 6) is 1.48. The van der Waals surface area contributed by atoms with Gasteiger partial charge in [0.1, 0.15) is 0 Å². The lowest BCUT2D eigenvalue weighted by molar-refractivity contribution is -0.216. The van der Waals surface area contributed by atoms with Crippen molar-refractivity contribution in [3.8, 4) is 0 Å². The Bertz CT molecular complexity index is 805. The maximum absolute atomic E-state index is 7.83. The normalized spacial score (nSPS) is 47.3. The molecule has 6 atom stereocenters. The molecule has 2 aliphatic heterocycles. The van der Waals surface area contributed by atoms with Gasteiger partial charge in [0.05, 0.1) is 31.8 Å². The lowest BCUT2D eigenvalue weighted by atomic mass is 9.46. The van der Waals surface area contributed by atoms with E-state index in [0.717, 1.165) is 45.3 Å². The largest absolute Gasteiger partial charge is 0.348 e. The van der Waals surface area contributed by atoms with Gasteiger partial charge in [0.15, 0.2) is 11.6 Å². The summed E-state index contributed by atoms with van der Waals surface area (Å²) in [7, 11) is 0. The van der Waals surface area contributed by atoms with Crippen molar-refractivity contribution in [1.82, 2.24) is 0 Å². The van der Waals surface area contributed by atoms with E-state index in [2.05, 4.69) is 24.8 Å². The first-order valence-corrected chi connectivity index (χ1v) is 12.6. The number of allylic oxidation sites excluding steroid dienone is 1. The molecule has 6 aliphatic rings. The van der Waals surface area contributed by atoms with Crippen molar-refractivity contribution in [2.24, 2.45) is 34.5 Å². The molecule has 0 bridgehead atoms. The zero-order valence-electron chi connectivity index (χ0n) is 19.2. The molecule has 4 aliphatic carbocycles. The summed E-state index contributed by atoms with van der Waals surface area (Å²) in [5, 5.41) is 0. The van der Waals surface area contributed by atoms with E-state index in [1.54, 1.807) is 5.57 Å². The second-order valence-electron chi connectivity index (χ2n) is 11.4. The highest BCUT2D eigenvalue weighted by Gasteiger charge is 2.66. The van der Waals surface area contributed by atoms with Crippen LogP contribution in [0.2, 0.25) is 0 Å². The maximum atomic E-state index is 7.83. The number of nitrogens with zero attached hydrogens (tertiary/aromatic N) is 1. The number of hydrogen-bond donors (Lipinski definition) is 0. The molecule has 2 heterocycles. The fraction of sp³-hybridized carbons (Fsp3) is 0.885. The number of rotatable bonds is 2. The Balaban J connectivity index is 1.32. The lowest BCUT2D eigenvalue weighted by Crippen LogP contribution is -2.56. The summed E-state index contributed by atoms with van der Waals surface area (Å²) in [5.41, 5.74) is 1.91. The predicted molar refractivity (Wildman–Crippen MR) is 116 cm³/mol. The monoisotopic (exact) mass is 427 g/mol. The summed E-state index contributed by atoms with van der Waals surface area (Å²) in [6.07, 6.45) is 11.7. The molecule has 0 aromatic carbocycles. The van der Waals surface area contributed by atoms with E-state index in [0.29, 0.717) is 43.4 Å². The van der Waals surface area contributed by atoms with E-state index in [4.69, 9.17) is 25.5 Å². The van der Waals surface area contributed by atoms with Crippen LogP contribution in [-0.4, -0.2) is 44.5 Å². The van der Waals surface area contributed by atoms with Crippen LogP contribution in [0.1, 0.15) is 65.2 Å². The minimum absolute atomic E-state index is 0.0626. The van der Waals surface area contributed by atoms with Crippen LogP contribution in [0.4, 0.5) is 0 Å². The molecule has 0 aromatic heterocycles. The molecule has 5 fully saturated rings. The quantitative estimate of drug-likeness (QED) is 0.461. The van der Waals surface area contributed by atoms with Crippen molar-refractivity contribution < 1.29 is 18.9 Å². The van der Waals surface area contributed by atoms with E-state index < -0.39 is 11.6 Å². The zero-order valence-corrected chi connectivity index (χ0v) is 19.2. The second kappa shape index (κ2) is 7.03. The van der Waals surface area contributed by atoms with Crippen LogP contribution in [0.5, 0.6) is 0 Å². The molecule has 3 saturated carbocycles. The molecule has 0 unspecified atom stereocenters. The molecule has 0 amide bonds. The first kappa shape index (κ1) is 20.7. The molecule has 2 saturated heterocycles. The molecule has 5 heteroatoms. The summed E-state index contributed by atoms with van der Waals surface area (Å²) >= 11 is 0. The van der Waals surface area contributed by atoms with E-state index in [1.165, 1.54) is 19.3 Å². The highest BCUT2D eigenvalue weighted by atomic mass is 16.7. The molecule has 0 N–H and O–H groups in total. The van der Waals surface area contributed by atoms with Gasteiger partial charge in [-0.05, 0) is 81.1 Å². The van der Waals surface area contributed by atoms with Crippen molar-refractivity contribution in [3.05, 3.63) is 23.1 Å². The molecule has 6 rings (SSSR count). The first-order chi connectivity index (χ1) is 14.9. The fourth-order valence-electron chi connectivity index (χ4n) is 9.16. The topological polar surface area (TPSA) is 41.3 Å². The van der Waals surface area contributed by atoms with Gasteiger partial charge in [-0.2, -0.15) is 0 Å². The summed E-state index contributed by atoms with van der Waals surface area (Å²) in [6.45, 7) is 16.0. The van der Waals surface area contributed by atoms with Crippen molar-refractivity contribution in [2.75, 3.05) is 33.0 Å². The van der Waals surface area contributed by atoms with Gasteiger partial charge < -0.3 is 23.8 Å². The third-order valence-corrected chi connectivity index (χ3v) is 10.5. The van der Waals surface area contributed by atoms with Crippen molar-refractivity contribution in [3.63, 3.8) is 0 Å². The Morgan fingerprint density at radius 1 is 0.903 bits per heavy atom. The SMILES string of the molecule is [C-]#[N+]C[C@]12CC[C@@H]3[C@@H](CCC4=CC5(CC[C@]43C)OCCO5)[C@@H]1CC[C@@H]2C1(C)OCCO1. The second-order valence-corrected chi connectivity index (χ2v) is 11.4. The molecule has 0 radical (unpaired) electrons. The summed E-state index contributed by atoms with van der Waals surface area (Å²) in [4.78, 5) is 4.02. The van der Waals surface area contributed by atoms with E-state index in [-0.39, 0.29) is 10.8 Å². The van der Waals surface area contributed by atoms with Gasteiger partial charge >= 0.3 is 0 Å². The van der Waals surface area contributed by atoms with Crippen molar-refractivity contribution in [2.45, 2.75) is 76.8 Å². The Morgan fingerprint density at radius 3 is 2.39 bits per heavy atom. The predicted octanol–water partition coefficient (Wildman–Crippen LogP) is 4.97. The van der Waals surface area contributed by atoms with Crippen LogP contribution in [-0.2, 0) is 18.9 Å². The molecule has 31 heavy (non-hydrogen) atoms. The van der Waals surface area contributed by atoms with Crippen LogP contribution in [0.15, 0.2) is 11.6 Å². The molecule has 5 nitrogen and oxygen atoms in total. The Labute approximate surface area is 186 Å². The molecular weight excluding hydrogens is 390 g/mol. The minimum atomic E-state index is -0.496. The van der Waals surface area contributed by atoms with Crippen molar-refractivity contribution >= 4 is 0 Å². The standard InChI is InChI=1S/C26H37NO4/c1-23-10-11-26(30-14-15-31-26)16-18(23)4-5-19-20(23)8-9-25(17-27-3)21(19)6-7-22(25)24(2)28-12-13-29-24/h16,19-22H,4-15,17H2,1-2H3/t19-,20-,21+,22-,23-,25-/m1/s1. The van der Waals surface area contributed by atoms with Gasteiger partial charge in [-0.15, -0.1) is 0 Å². The Hall–Kier alpha value is -0.930. The fourth-order valence-corrected chi connectivity index (χ4v) is 9.16. The van der Waals surface area contributed by atoms with Gasteiger partial charge in [0.25, 0.3) is 0 Å². The van der Waals surface area contributed by atoms with E-state index in [9.17, 15) is 0 Å². The maximum Gasteiger partial charge on any atom is 0.220 e. The van der Waals surface area contributed by atoms with Crippen LogP contribution in [0.25, 0.3) is 4.85 Å². The number of fused-ring (bicyclic) bond motifs is 5. The van der Waals surface area contributed by atoms with E-state index >= 15 is 0 Å². The van der Waals surface area contributed by atoms with Crippen LogP contribution >= 0.6 is 0 Å². The Morgan fingerprint density at radius 2 is 1.65 bits per heavy atom. The van der Waals surface area contributed by atoms with Crippen LogP contribution in [0, 0.1) is 41.1 Å². The molecule has 0 aromatic rings. The van der Waals surface area contributed by atoms with Gasteiger partial charge in [0.2, 0.25) is 6.54 Å². The average Bonchev–Trinajstić information content (AvgIpc) is 3.48. The molecular formula is C26H37NO4. The highest BCUT2D eigenvalue weighted by Crippen LogP contribution is 2.69. The van der Waals surface area contributed by atoms with Crippen LogP contribution < -0.4 is 0 Å². The Kier molecular flexibility index (Phi) is 4.69. The summed E-state index contributed by atoms with van der Waals surface area (Å²) < 4.78 is 24.5. The highest BCUT2D eigenvalue weighted by molar-refractivity contribution is 5.28. The zero-order chi connectivity index (χ0) is 21.3. The van der Waals surface area contributed by atoms with Crippen LogP contribution in [0.3, 0.4) is 0 Å². The molecule has 170 valence electrons. The third-order valence-electron chi connectivity index (χ3n) is 10.5. The van der Waals surface area contributed by atoms with Gasteiger partial charge in [-0.25, -0.2) is 6.57 Å². The van der Waals surface area contributed by atoms with Gasteiger partial charge in [0, 0.05) is 12.3 Å². The van der Waals surface area contributed by atoms with Crippen molar-refractivity contribution in [1.29, 1.82) is 0 Å². The number of hydrogen-bond acceptors (Lipinski definition) is 4. The third kappa shape index (κ3) is 2.81. The smallest absolute Gasteiger partial charge is 0.220 e. The number of ether oxygens (including phenoxy) is 4. The van der Waals surface area contributed by atoms with E-state index in [1.807, 2.05) is 0 Å². The first-order valence-electron chi connectivity index (χ1n) is 12.6. The average molecular weight is 428 g/mol. The van der Waals surface area contributed by atoms with Gasteiger partial charge in [-0.3, -0.25) is 0 Å².